The van der Waals surface area contributed by atoms with Crippen molar-refractivity contribution in [1.82, 2.24) is 9.78 Å². The van der Waals surface area contributed by atoms with Gasteiger partial charge in [0.1, 0.15) is 0 Å². The van der Waals surface area contributed by atoms with E-state index < -0.39 is 0 Å². The topological polar surface area (TPSA) is 17.8 Å². The molecule has 0 N–H and O–H groups in total. The lowest BCUT2D eigenvalue weighted by Gasteiger charge is -2.05. The molecule has 0 fully saturated rings. The maximum absolute atomic E-state index is 4.31. The first-order valence-electron chi connectivity index (χ1n) is 5.94. The molecule has 0 bridgehead atoms. The van der Waals surface area contributed by atoms with Gasteiger partial charge in [-0.15, -0.1) is 0 Å². The first-order chi connectivity index (χ1) is 7.52. The van der Waals surface area contributed by atoms with E-state index in [1.165, 1.54) is 10.9 Å². The van der Waals surface area contributed by atoms with Crippen molar-refractivity contribution in [2.24, 2.45) is 5.92 Å². The van der Waals surface area contributed by atoms with Crippen LogP contribution in [0.4, 0.5) is 0 Å². The lowest BCUT2D eigenvalue weighted by Crippen LogP contribution is -2.01. The highest BCUT2D eigenvalue weighted by atomic mass is 15.3. The molecule has 0 aliphatic heterocycles. The molecule has 17 heavy (non-hydrogen) atoms. The molecule has 0 amide bonds. The summed E-state index contributed by atoms with van der Waals surface area (Å²) in [6.07, 6.45) is 1.91. The number of fused-ring (bicyclic) bond motifs is 1. The lowest BCUT2D eigenvalue weighted by atomic mass is 10.2. The summed E-state index contributed by atoms with van der Waals surface area (Å²) in [5, 5.41) is 5.53. The maximum atomic E-state index is 4.31. The van der Waals surface area contributed by atoms with Gasteiger partial charge < -0.3 is 0 Å². The second-order valence-corrected chi connectivity index (χ2v) is 4.97. The summed E-state index contributed by atoms with van der Waals surface area (Å²) < 4.78 is 2.04. The quantitative estimate of drug-likeness (QED) is 0.678. The largest absolute Gasteiger partial charge is 0.262 e. The number of hydrogen-bond acceptors (Lipinski definition) is 1. The van der Waals surface area contributed by atoms with Crippen LogP contribution in [0, 0.1) is 5.92 Å². The molecule has 3 radical (unpaired) electrons. The van der Waals surface area contributed by atoms with Gasteiger partial charge in [-0.25, -0.2) is 0 Å². The van der Waals surface area contributed by atoms with E-state index in [4.69, 9.17) is 0 Å². The van der Waals surface area contributed by atoms with Gasteiger partial charge in [0.15, 0.2) is 0 Å². The van der Waals surface area contributed by atoms with Crippen LogP contribution < -0.4 is 0 Å². The average molecular weight is 229 g/mol. The smallest absolute Gasteiger partial charge is 0.0685 e. The molecule has 0 unspecified atom stereocenters. The van der Waals surface area contributed by atoms with E-state index in [-0.39, 0.29) is 8.41 Å². The molecular formula is C14H22BN2. The van der Waals surface area contributed by atoms with Gasteiger partial charge in [0.05, 0.1) is 11.7 Å². The summed E-state index contributed by atoms with van der Waals surface area (Å²) in [6, 6.07) is 8.70. The van der Waals surface area contributed by atoms with Crippen molar-refractivity contribution >= 4 is 19.3 Å². The van der Waals surface area contributed by atoms with Gasteiger partial charge in [-0.2, -0.15) is 5.10 Å². The number of nitrogens with zero attached hydrogens (tertiary/aromatic N) is 2. The summed E-state index contributed by atoms with van der Waals surface area (Å²) in [6.45, 7) is 10.8. The highest BCUT2D eigenvalue weighted by molar-refractivity contribution is 5.78. The van der Waals surface area contributed by atoms with Crippen LogP contribution in [-0.4, -0.2) is 18.2 Å². The van der Waals surface area contributed by atoms with E-state index >= 15 is 0 Å². The van der Waals surface area contributed by atoms with Gasteiger partial charge in [0.25, 0.3) is 0 Å². The Morgan fingerprint density at radius 2 is 1.53 bits per heavy atom. The molecule has 1 aromatic carbocycles. The Hall–Kier alpha value is -1.25. The van der Waals surface area contributed by atoms with Crippen molar-refractivity contribution in [2.75, 3.05) is 0 Å². The number of rotatable bonds is 1. The molecule has 0 spiro atoms. The van der Waals surface area contributed by atoms with Crippen LogP contribution in [0.25, 0.3) is 10.9 Å². The average Bonchev–Trinajstić information content (AvgIpc) is 2.59. The first-order valence-corrected chi connectivity index (χ1v) is 5.94. The van der Waals surface area contributed by atoms with Crippen molar-refractivity contribution in [2.45, 2.75) is 40.7 Å². The van der Waals surface area contributed by atoms with Crippen molar-refractivity contribution in [3.63, 3.8) is 0 Å². The standard InChI is InChI=1S/C10H12N2.C4H10.B/c1-8(2)12-10-6-4-3-5-9(10)7-11-12;1-4(2)3;/h3-8H,1-2H3;4H,1-3H3;. The number of aromatic nitrogens is 2. The number of benzene rings is 1. The van der Waals surface area contributed by atoms with Gasteiger partial charge in [0.2, 0.25) is 0 Å². The van der Waals surface area contributed by atoms with Crippen molar-refractivity contribution < 1.29 is 0 Å². The number of para-hydroxylation sites is 1. The summed E-state index contributed by atoms with van der Waals surface area (Å²) in [5.74, 6) is 0.833. The molecule has 0 atom stereocenters. The van der Waals surface area contributed by atoms with Gasteiger partial charge in [-0.05, 0) is 25.8 Å². The van der Waals surface area contributed by atoms with Gasteiger partial charge >= 0.3 is 0 Å². The zero-order valence-electron chi connectivity index (χ0n) is 11.5. The summed E-state index contributed by atoms with van der Waals surface area (Å²) in [4.78, 5) is 0. The van der Waals surface area contributed by atoms with E-state index in [9.17, 15) is 0 Å². The van der Waals surface area contributed by atoms with Crippen molar-refractivity contribution in [3.8, 4) is 0 Å². The van der Waals surface area contributed by atoms with Gasteiger partial charge in [-0.3, -0.25) is 4.68 Å². The van der Waals surface area contributed by atoms with E-state index in [1.807, 2.05) is 23.0 Å². The van der Waals surface area contributed by atoms with Crippen LogP contribution in [-0.2, 0) is 0 Å². The second kappa shape index (κ2) is 7.15. The van der Waals surface area contributed by atoms with Crippen LogP contribution in [0.1, 0.15) is 40.7 Å². The van der Waals surface area contributed by atoms with Crippen molar-refractivity contribution in [1.29, 1.82) is 0 Å². The van der Waals surface area contributed by atoms with E-state index in [1.54, 1.807) is 0 Å². The fraction of sp³-hybridized carbons (Fsp3) is 0.500. The molecule has 1 aromatic heterocycles. The predicted octanol–water partition coefficient (Wildman–Crippen LogP) is 3.90. The Morgan fingerprint density at radius 3 is 2.06 bits per heavy atom. The Kier molecular flexibility index (Phi) is 6.63. The van der Waals surface area contributed by atoms with E-state index in [2.05, 4.69) is 51.9 Å². The Morgan fingerprint density at radius 1 is 1.00 bits per heavy atom. The molecule has 3 heteroatoms. The minimum absolute atomic E-state index is 0. The SMILES string of the molecule is CC(C)C.CC(C)n1ncc2ccccc21.[B]. The Bertz CT molecular complexity index is 430. The molecule has 0 saturated heterocycles. The van der Waals surface area contributed by atoms with Crippen molar-refractivity contribution in [3.05, 3.63) is 30.5 Å². The minimum atomic E-state index is 0. The van der Waals surface area contributed by atoms with Gasteiger partial charge in [0, 0.05) is 19.8 Å². The third-order valence-corrected chi connectivity index (χ3v) is 1.99. The van der Waals surface area contributed by atoms with Crippen LogP contribution in [0.3, 0.4) is 0 Å². The normalized spacial score (nSPS) is 10.1. The molecule has 1 heterocycles. The molecule has 2 nitrogen and oxygen atoms in total. The van der Waals surface area contributed by atoms with Gasteiger partial charge in [-0.1, -0.05) is 39.0 Å². The van der Waals surface area contributed by atoms with E-state index in [0.717, 1.165) is 5.92 Å². The minimum Gasteiger partial charge on any atom is -0.262 e. The van der Waals surface area contributed by atoms with E-state index in [0.29, 0.717) is 6.04 Å². The zero-order chi connectivity index (χ0) is 12.1. The summed E-state index contributed by atoms with van der Waals surface area (Å²) in [5.41, 5.74) is 1.22. The lowest BCUT2D eigenvalue weighted by molar-refractivity contribution is 0.551. The van der Waals surface area contributed by atoms with Crippen LogP contribution in [0.2, 0.25) is 0 Å². The zero-order valence-corrected chi connectivity index (χ0v) is 11.5. The van der Waals surface area contributed by atoms with Crippen LogP contribution in [0.15, 0.2) is 30.5 Å². The Balaban J connectivity index is 0.000000453. The molecule has 0 saturated carbocycles. The highest BCUT2D eigenvalue weighted by Gasteiger charge is 2.03. The summed E-state index contributed by atoms with van der Waals surface area (Å²) >= 11 is 0. The molecule has 91 valence electrons. The molecule has 2 aromatic rings. The third-order valence-electron chi connectivity index (χ3n) is 1.99. The molecular weight excluding hydrogens is 207 g/mol. The summed E-state index contributed by atoms with van der Waals surface area (Å²) in [7, 11) is 0. The molecule has 0 aliphatic rings. The van der Waals surface area contributed by atoms with Crippen LogP contribution >= 0.6 is 0 Å². The van der Waals surface area contributed by atoms with Crippen LogP contribution in [0.5, 0.6) is 0 Å². The Labute approximate surface area is 107 Å². The first kappa shape index (κ1) is 15.8. The molecule has 0 aliphatic carbocycles. The fourth-order valence-electron chi connectivity index (χ4n) is 1.40. The maximum Gasteiger partial charge on any atom is 0.0685 e. The predicted molar refractivity (Wildman–Crippen MR) is 76.4 cm³/mol. The monoisotopic (exact) mass is 229 g/mol. The highest BCUT2D eigenvalue weighted by Crippen LogP contribution is 2.16. The second-order valence-electron chi connectivity index (χ2n) is 4.97. The third kappa shape index (κ3) is 4.64. The number of hydrogen-bond donors (Lipinski definition) is 0. The molecule has 2 rings (SSSR count). The fourth-order valence-corrected chi connectivity index (χ4v) is 1.40.